The van der Waals surface area contributed by atoms with Crippen LogP contribution in [0.1, 0.15) is 39.0 Å². The Morgan fingerprint density at radius 3 is 2.31 bits per heavy atom. The van der Waals surface area contributed by atoms with E-state index in [0.717, 1.165) is 12.8 Å². The number of aliphatic hydroxyl groups excluding tert-OH is 1. The molecule has 0 aromatic heterocycles. The average molecular weight is 188 g/mol. The van der Waals surface area contributed by atoms with E-state index in [1.807, 2.05) is 0 Å². The first kappa shape index (κ1) is 11.0. The molecule has 0 radical (unpaired) electrons. The molecule has 0 aromatic rings. The van der Waals surface area contributed by atoms with Crippen LogP contribution >= 0.6 is 0 Å². The third-order valence-corrected chi connectivity index (χ3v) is 2.50. The molecule has 2 atom stereocenters. The molecule has 1 aliphatic rings. The fourth-order valence-corrected chi connectivity index (χ4v) is 1.76. The van der Waals surface area contributed by atoms with Crippen LogP contribution in [0.2, 0.25) is 0 Å². The Labute approximate surface area is 80.0 Å². The molecule has 0 aromatic carbocycles. The van der Waals surface area contributed by atoms with Crippen LogP contribution in [0.4, 0.5) is 0 Å². The van der Waals surface area contributed by atoms with Crippen LogP contribution in [-0.2, 0) is 9.47 Å². The highest BCUT2D eigenvalue weighted by Gasteiger charge is 2.21. The van der Waals surface area contributed by atoms with Gasteiger partial charge in [-0.25, -0.2) is 0 Å². The topological polar surface area (TPSA) is 38.7 Å². The largest absolute Gasteiger partial charge is 0.388 e. The predicted molar refractivity (Wildman–Crippen MR) is 50.4 cm³/mol. The van der Waals surface area contributed by atoms with Crippen LogP contribution in [0.25, 0.3) is 0 Å². The van der Waals surface area contributed by atoms with Gasteiger partial charge in [0.05, 0.1) is 6.10 Å². The SMILES string of the molecule is COC(OC1CCCCC1)C(C)O. The highest BCUT2D eigenvalue weighted by molar-refractivity contribution is 4.67. The number of hydrogen-bond acceptors (Lipinski definition) is 3. The van der Waals surface area contributed by atoms with Crippen LogP contribution in [0.15, 0.2) is 0 Å². The summed E-state index contributed by atoms with van der Waals surface area (Å²) in [5, 5.41) is 9.29. The molecule has 0 bridgehead atoms. The van der Waals surface area contributed by atoms with Crippen molar-refractivity contribution in [1.29, 1.82) is 0 Å². The second-order valence-electron chi connectivity index (χ2n) is 3.74. The van der Waals surface area contributed by atoms with Gasteiger partial charge in [-0.3, -0.25) is 0 Å². The average Bonchev–Trinajstić information content (AvgIpc) is 2.15. The fourth-order valence-electron chi connectivity index (χ4n) is 1.76. The van der Waals surface area contributed by atoms with E-state index in [4.69, 9.17) is 9.47 Å². The van der Waals surface area contributed by atoms with Crippen molar-refractivity contribution >= 4 is 0 Å². The Morgan fingerprint density at radius 1 is 1.23 bits per heavy atom. The molecule has 0 aliphatic heterocycles. The van der Waals surface area contributed by atoms with Crippen LogP contribution in [0, 0.1) is 0 Å². The molecule has 78 valence electrons. The van der Waals surface area contributed by atoms with E-state index < -0.39 is 12.4 Å². The molecule has 1 rings (SSSR count). The van der Waals surface area contributed by atoms with Gasteiger partial charge in [0.1, 0.15) is 6.10 Å². The lowest BCUT2D eigenvalue weighted by atomic mass is 9.98. The number of aliphatic hydroxyl groups is 1. The second-order valence-corrected chi connectivity index (χ2v) is 3.74. The Balaban J connectivity index is 2.27. The maximum atomic E-state index is 9.29. The van der Waals surface area contributed by atoms with Gasteiger partial charge in [-0.2, -0.15) is 0 Å². The molecular formula is C10H20O3. The molecule has 0 amide bonds. The number of hydrogen-bond donors (Lipinski definition) is 1. The molecular weight excluding hydrogens is 168 g/mol. The normalized spacial score (nSPS) is 24.2. The summed E-state index contributed by atoms with van der Waals surface area (Å²) < 4.78 is 10.7. The van der Waals surface area contributed by atoms with Crippen molar-refractivity contribution in [2.75, 3.05) is 7.11 Å². The molecule has 0 heterocycles. The van der Waals surface area contributed by atoms with Crippen molar-refractivity contribution < 1.29 is 14.6 Å². The molecule has 1 fully saturated rings. The lowest BCUT2D eigenvalue weighted by Crippen LogP contribution is -2.33. The molecule has 2 unspecified atom stereocenters. The van der Waals surface area contributed by atoms with Crippen molar-refractivity contribution in [3.8, 4) is 0 Å². The summed E-state index contributed by atoms with van der Waals surface area (Å²) in [7, 11) is 1.57. The number of methoxy groups -OCH3 is 1. The van der Waals surface area contributed by atoms with Gasteiger partial charge in [0.15, 0.2) is 6.29 Å². The highest BCUT2D eigenvalue weighted by atomic mass is 16.7. The minimum atomic E-state index is -0.549. The minimum absolute atomic E-state index is 0.285. The second kappa shape index (κ2) is 5.58. The molecule has 1 saturated carbocycles. The molecule has 13 heavy (non-hydrogen) atoms. The van der Waals surface area contributed by atoms with Crippen LogP contribution in [0.5, 0.6) is 0 Å². The van der Waals surface area contributed by atoms with E-state index in [0.29, 0.717) is 0 Å². The molecule has 3 nitrogen and oxygen atoms in total. The lowest BCUT2D eigenvalue weighted by Gasteiger charge is -2.28. The van der Waals surface area contributed by atoms with E-state index in [9.17, 15) is 5.11 Å². The zero-order valence-electron chi connectivity index (χ0n) is 8.53. The van der Waals surface area contributed by atoms with Crippen molar-refractivity contribution in [2.24, 2.45) is 0 Å². The Kier molecular flexibility index (Phi) is 4.70. The summed E-state index contributed by atoms with van der Waals surface area (Å²) >= 11 is 0. The lowest BCUT2D eigenvalue weighted by molar-refractivity contribution is -0.203. The zero-order valence-corrected chi connectivity index (χ0v) is 8.53. The summed E-state index contributed by atoms with van der Waals surface area (Å²) in [5.74, 6) is 0. The standard InChI is InChI=1S/C10H20O3/c1-8(11)10(12-2)13-9-6-4-3-5-7-9/h8-11H,3-7H2,1-2H3. The third kappa shape index (κ3) is 3.63. The van der Waals surface area contributed by atoms with Gasteiger partial charge in [0.2, 0.25) is 0 Å². The Morgan fingerprint density at radius 2 is 1.85 bits per heavy atom. The molecule has 1 N–H and O–H groups in total. The molecule has 0 spiro atoms. The van der Waals surface area contributed by atoms with Crippen molar-refractivity contribution in [3.63, 3.8) is 0 Å². The minimum Gasteiger partial charge on any atom is -0.388 e. The van der Waals surface area contributed by atoms with Crippen LogP contribution in [-0.4, -0.2) is 30.7 Å². The van der Waals surface area contributed by atoms with Crippen molar-refractivity contribution in [1.82, 2.24) is 0 Å². The maximum absolute atomic E-state index is 9.29. The van der Waals surface area contributed by atoms with E-state index in [2.05, 4.69) is 0 Å². The van der Waals surface area contributed by atoms with E-state index in [1.165, 1.54) is 19.3 Å². The van der Waals surface area contributed by atoms with Gasteiger partial charge in [-0.05, 0) is 19.8 Å². The number of ether oxygens (including phenoxy) is 2. The summed E-state index contributed by atoms with van der Waals surface area (Å²) in [5.41, 5.74) is 0. The quantitative estimate of drug-likeness (QED) is 0.682. The first-order chi connectivity index (χ1) is 6.24. The van der Waals surface area contributed by atoms with Gasteiger partial charge >= 0.3 is 0 Å². The number of rotatable bonds is 4. The maximum Gasteiger partial charge on any atom is 0.183 e. The fraction of sp³-hybridized carbons (Fsp3) is 1.00. The molecule has 1 aliphatic carbocycles. The zero-order chi connectivity index (χ0) is 9.68. The highest BCUT2D eigenvalue weighted by Crippen LogP contribution is 2.22. The summed E-state index contributed by atoms with van der Waals surface area (Å²) in [4.78, 5) is 0. The van der Waals surface area contributed by atoms with Gasteiger partial charge in [-0.1, -0.05) is 19.3 Å². The Bertz CT molecular complexity index is 130. The van der Waals surface area contributed by atoms with Crippen molar-refractivity contribution in [2.45, 2.75) is 57.5 Å². The third-order valence-electron chi connectivity index (χ3n) is 2.50. The van der Waals surface area contributed by atoms with E-state index >= 15 is 0 Å². The van der Waals surface area contributed by atoms with Gasteiger partial charge in [0, 0.05) is 7.11 Å². The van der Waals surface area contributed by atoms with Gasteiger partial charge in [0.25, 0.3) is 0 Å². The molecule has 3 heteroatoms. The first-order valence-electron chi connectivity index (χ1n) is 5.10. The van der Waals surface area contributed by atoms with Gasteiger partial charge < -0.3 is 14.6 Å². The van der Waals surface area contributed by atoms with E-state index in [1.54, 1.807) is 14.0 Å². The first-order valence-corrected chi connectivity index (χ1v) is 5.10. The summed E-state index contributed by atoms with van der Waals surface area (Å²) in [6.45, 7) is 1.69. The Hall–Kier alpha value is -0.120. The summed E-state index contributed by atoms with van der Waals surface area (Å²) in [6.07, 6.45) is 5.27. The monoisotopic (exact) mass is 188 g/mol. The smallest absolute Gasteiger partial charge is 0.183 e. The van der Waals surface area contributed by atoms with Crippen molar-refractivity contribution in [3.05, 3.63) is 0 Å². The van der Waals surface area contributed by atoms with E-state index in [-0.39, 0.29) is 6.10 Å². The summed E-state index contributed by atoms with van der Waals surface area (Å²) in [6, 6.07) is 0. The molecule has 0 saturated heterocycles. The predicted octanol–water partition coefficient (Wildman–Crippen LogP) is 1.69. The van der Waals surface area contributed by atoms with Gasteiger partial charge in [-0.15, -0.1) is 0 Å². The van der Waals surface area contributed by atoms with Crippen LogP contribution in [0.3, 0.4) is 0 Å². The van der Waals surface area contributed by atoms with Crippen LogP contribution < -0.4 is 0 Å².